The topological polar surface area (TPSA) is 84.9 Å². The molecule has 1 aliphatic rings. The summed E-state index contributed by atoms with van der Waals surface area (Å²) in [5.74, 6) is -0.573. The van der Waals surface area contributed by atoms with Crippen molar-refractivity contribution >= 4 is 11.9 Å². The summed E-state index contributed by atoms with van der Waals surface area (Å²) in [6.07, 6.45) is 0.884. The van der Waals surface area contributed by atoms with Crippen molar-refractivity contribution in [3.05, 3.63) is 29.3 Å². The maximum atomic E-state index is 12.2. The van der Waals surface area contributed by atoms with Crippen LogP contribution in [0.25, 0.3) is 0 Å². The highest BCUT2D eigenvalue weighted by atomic mass is 16.5. The third-order valence-electron chi connectivity index (χ3n) is 4.05. The standard InChI is InChI=1S/C17H23NO5/c1-12-3-4-13(2)14(9-12)23-11-15(19)18-17(10-16(20)21)5-7-22-8-6-17/h3-4,9H,5-8,10-11H2,1-2H3,(H,18,19)(H,20,21). The van der Waals surface area contributed by atoms with E-state index in [0.717, 1.165) is 11.1 Å². The number of aliphatic carboxylic acids is 1. The van der Waals surface area contributed by atoms with Crippen LogP contribution in [0.3, 0.4) is 0 Å². The van der Waals surface area contributed by atoms with Gasteiger partial charge in [0.1, 0.15) is 5.75 Å². The zero-order valence-corrected chi connectivity index (χ0v) is 13.6. The molecule has 1 aromatic rings. The number of carbonyl (C=O) groups excluding carboxylic acids is 1. The molecule has 6 heteroatoms. The predicted octanol–water partition coefficient (Wildman–Crippen LogP) is 1.82. The zero-order valence-electron chi connectivity index (χ0n) is 13.6. The van der Waals surface area contributed by atoms with Crippen molar-refractivity contribution in [3.63, 3.8) is 0 Å². The second-order valence-corrected chi connectivity index (χ2v) is 6.07. The summed E-state index contributed by atoms with van der Waals surface area (Å²) in [5.41, 5.74) is 1.26. The normalized spacial score (nSPS) is 16.6. The van der Waals surface area contributed by atoms with E-state index in [1.54, 1.807) is 0 Å². The number of carbonyl (C=O) groups is 2. The third kappa shape index (κ3) is 4.96. The fourth-order valence-corrected chi connectivity index (χ4v) is 2.74. The predicted molar refractivity (Wildman–Crippen MR) is 84.6 cm³/mol. The number of aryl methyl sites for hydroxylation is 2. The number of rotatable bonds is 6. The van der Waals surface area contributed by atoms with Gasteiger partial charge in [0.2, 0.25) is 0 Å². The number of hydrogen-bond donors (Lipinski definition) is 2. The average molecular weight is 321 g/mol. The van der Waals surface area contributed by atoms with E-state index >= 15 is 0 Å². The first-order chi connectivity index (χ1) is 10.9. The Kier molecular flexibility index (Phi) is 5.60. The number of hydrogen-bond acceptors (Lipinski definition) is 4. The van der Waals surface area contributed by atoms with Gasteiger partial charge in [-0.3, -0.25) is 9.59 Å². The van der Waals surface area contributed by atoms with Crippen molar-refractivity contribution in [2.75, 3.05) is 19.8 Å². The molecule has 0 atom stereocenters. The van der Waals surface area contributed by atoms with E-state index in [2.05, 4.69) is 5.32 Å². The van der Waals surface area contributed by atoms with Crippen molar-refractivity contribution < 1.29 is 24.2 Å². The van der Waals surface area contributed by atoms with Gasteiger partial charge in [-0.15, -0.1) is 0 Å². The monoisotopic (exact) mass is 321 g/mol. The third-order valence-corrected chi connectivity index (χ3v) is 4.05. The molecule has 1 saturated heterocycles. The molecule has 2 N–H and O–H groups in total. The van der Waals surface area contributed by atoms with Crippen molar-refractivity contribution in [3.8, 4) is 5.75 Å². The lowest BCUT2D eigenvalue weighted by molar-refractivity contribution is -0.140. The molecule has 6 nitrogen and oxygen atoms in total. The fraction of sp³-hybridized carbons (Fsp3) is 0.529. The lowest BCUT2D eigenvalue weighted by atomic mass is 9.86. The quantitative estimate of drug-likeness (QED) is 0.835. The zero-order chi connectivity index (χ0) is 16.9. The van der Waals surface area contributed by atoms with Crippen LogP contribution >= 0.6 is 0 Å². The molecule has 1 aliphatic heterocycles. The van der Waals surface area contributed by atoms with E-state index in [4.69, 9.17) is 14.6 Å². The van der Waals surface area contributed by atoms with Crippen LogP contribution in [0, 0.1) is 13.8 Å². The Morgan fingerprint density at radius 3 is 2.65 bits per heavy atom. The van der Waals surface area contributed by atoms with Gasteiger partial charge in [0.25, 0.3) is 5.91 Å². The van der Waals surface area contributed by atoms with E-state index < -0.39 is 11.5 Å². The Balaban J connectivity index is 1.96. The van der Waals surface area contributed by atoms with Gasteiger partial charge in [0.05, 0.1) is 12.0 Å². The van der Waals surface area contributed by atoms with Gasteiger partial charge in [-0.2, -0.15) is 0 Å². The minimum atomic E-state index is -0.928. The molecule has 0 aromatic heterocycles. The number of nitrogens with one attached hydrogen (secondary N) is 1. The lowest BCUT2D eigenvalue weighted by Crippen LogP contribution is -2.54. The summed E-state index contributed by atoms with van der Waals surface area (Å²) >= 11 is 0. The largest absolute Gasteiger partial charge is 0.483 e. The van der Waals surface area contributed by atoms with Crippen LogP contribution in [0.1, 0.15) is 30.4 Å². The fourth-order valence-electron chi connectivity index (χ4n) is 2.74. The second-order valence-electron chi connectivity index (χ2n) is 6.07. The minimum absolute atomic E-state index is 0.106. The molecule has 1 aromatic carbocycles. The van der Waals surface area contributed by atoms with Gasteiger partial charge < -0.3 is 19.9 Å². The van der Waals surface area contributed by atoms with Gasteiger partial charge in [-0.25, -0.2) is 0 Å². The molecule has 0 unspecified atom stereocenters. The Labute approximate surface area is 135 Å². The molecule has 0 bridgehead atoms. The number of carboxylic acid groups (broad SMARTS) is 1. The first-order valence-corrected chi connectivity index (χ1v) is 7.71. The minimum Gasteiger partial charge on any atom is -0.483 e. The highest BCUT2D eigenvalue weighted by molar-refractivity contribution is 5.79. The molecule has 0 spiro atoms. The van der Waals surface area contributed by atoms with Crippen molar-refractivity contribution in [1.82, 2.24) is 5.32 Å². The molecule has 0 aliphatic carbocycles. The molecule has 0 radical (unpaired) electrons. The van der Waals surface area contributed by atoms with E-state index in [0.29, 0.717) is 31.8 Å². The summed E-state index contributed by atoms with van der Waals surface area (Å²) in [7, 11) is 0. The first-order valence-electron chi connectivity index (χ1n) is 7.71. The molecular formula is C17H23NO5. The molecule has 23 heavy (non-hydrogen) atoms. The summed E-state index contributed by atoms with van der Waals surface area (Å²) in [6.45, 7) is 4.64. The number of carboxylic acids is 1. The molecule has 1 fully saturated rings. The summed E-state index contributed by atoms with van der Waals surface area (Å²) in [6, 6.07) is 5.79. The first kappa shape index (κ1) is 17.3. The molecule has 2 rings (SSSR count). The Hall–Kier alpha value is -2.08. The average Bonchev–Trinajstić information content (AvgIpc) is 2.48. The van der Waals surface area contributed by atoms with Crippen molar-refractivity contribution in [2.24, 2.45) is 0 Å². The van der Waals surface area contributed by atoms with Crippen LogP contribution in [0.15, 0.2) is 18.2 Å². The summed E-state index contributed by atoms with van der Waals surface area (Å²) < 4.78 is 10.9. The van der Waals surface area contributed by atoms with Gasteiger partial charge >= 0.3 is 5.97 Å². The van der Waals surface area contributed by atoms with Crippen LogP contribution in [0.2, 0.25) is 0 Å². The highest BCUT2D eigenvalue weighted by Crippen LogP contribution is 2.25. The highest BCUT2D eigenvalue weighted by Gasteiger charge is 2.36. The Morgan fingerprint density at radius 2 is 2.00 bits per heavy atom. The lowest BCUT2D eigenvalue weighted by Gasteiger charge is -2.36. The van der Waals surface area contributed by atoms with Crippen LogP contribution < -0.4 is 10.1 Å². The molecule has 0 saturated carbocycles. The molecular weight excluding hydrogens is 298 g/mol. The van der Waals surface area contributed by atoms with Gasteiger partial charge in [0.15, 0.2) is 6.61 Å². The van der Waals surface area contributed by atoms with Gasteiger partial charge in [-0.05, 0) is 43.9 Å². The Bertz CT molecular complexity index is 578. The van der Waals surface area contributed by atoms with Crippen LogP contribution in [0.4, 0.5) is 0 Å². The maximum absolute atomic E-state index is 12.2. The molecule has 1 amide bonds. The van der Waals surface area contributed by atoms with Crippen LogP contribution in [-0.4, -0.2) is 42.3 Å². The van der Waals surface area contributed by atoms with Gasteiger partial charge in [-0.1, -0.05) is 12.1 Å². The van der Waals surface area contributed by atoms with E-state index in [-0.39, 0.29) is 18.9 Å². The molecule has 1 heterocycles. The number of ether oxygens (including phenoxy) is 2. The van der Waals surface area contributed by atoms with Crippen molar-refractivity contribution in [1.29, 1.82) is 0 Å². The van der Waals surface area contributed by atoms with Crippen LogP contribution in [-0.2, 0) is 14.3 Å². The Morgan fingerprint density at radius 1 is 1.30 bits per heavy atom. The number of amides is 1. The maximum Gasteiger partial charge on any atom is 0.305 e. The smallest absolute Gasteiger partial charge is 0.305 e. The van der Waals surface area contributed by atoms with Gasteiger partial charge in [0, 0.05) is 13.2 Å². The van der Waals surface area contributed by atoms with Crippen LogP contribution in [0.5, 0.6) is 5.75 Å². The van der Waals surface area contributed by atoms with Crippen molar-refractivity contribution in [2.45, 2.75) is 38.6 Å². The van der Waals surface area contributed by atoms with E-state index in [1.807, 2.05) is 32.0 Å². The van der Waals surface area contributed by atoms with E-state index in [1.165, 1.54) is 0 Å². The number of benzene rings is 1. The molecule has 126 valence electrons. The summed E-state index contributed by atoms with van der Waals surface area (Å²) in [4.78, 5) is 23.3. The SMILES string of the molecule is Cc1ccc(C)c(OCC(=O)NC2(CC(=O)O)CCOCC2)c1. The summed E-state index contributed by atoms with van der Waals surface area (Å²) in [5, 5.41) is 11.9. The second kappa shape index (κ2) is 7.46. The van der Waals surface area contributed by atoms with E-state index in [9.17, 15) is 9.59 Å².